The van der Waals surface area contributed by atoms with Crippen LogP contribution in [0, 0.1) is 0 Å². The van der Waals surface area contributed by atoms with Crippen LogP contribution < -0.4 is 0 Å². The Kier molecular flexibility index (Phi) is 5.44. The molecule has 0 aliphatic rings. The molecule has 0 unspecified atom stereocenters. The zero-order chi connectivity index (χ0) is 21.0. The van der Waals surface area contributed by atoms with Gasteiger partial charge in [-0.05, 0) is 17.7 Å². The molecule has 0 saturated heterocycles. The zero-order valence-electron chi connectivity index (χ0n) is 15.8. The van der Waals surface area contributed by atoms with Crippen LogP contribution >= 0.6 is 0 Å². The van der Waals surface area contributed by atoms with E-state index in [1.807, 2.05) is 6.07 Å². The van der Waals surface area contributed by atoms with Crippen molar-refractivity contribution in [3.05, 3.63) is 90.9 Å². The van der Waals surface area contributed by atoms with Gasteiger partial charge in [-0.1, -0.05) is 36.4 Å². The third-order valence-electron chi connectivity index (χ3n) is 4.31. The maximum atomic E-state index is 12.6. The lowest BCUT2D eigenvalue weighted by Crippen LogP contribution is -2.19. The van der Waals surface area contributed by atoms with Crippen molar-refractivity contribution in [2.24, 2.45) is 0 Å². The van der Waals surface area contributed by atoms with Crippen LogP contribution in [0.3, 0.4) is 0 Å². The molecule has 0 atom stereocenters. The minimum atomic E-state index is -3.61. The van der Waals surface area contributed by atoms with Crippen LogP contribution in [-0.2, 0) is 15.6 Å². The van der Waals surface area contributed by atoms with Gasteiger partial charge in [0.05, 0.1) is 30.0 Å². The predicted octanol–water partition coefficient (Wildman–Crippen LogP) is 2.52. The summed E-state index contributed by atoms with van der Waals surface area (Å²) in [7, 11) is -3.61. The second-order valence-corrected chi connectivity index (χ2v) is 8.68. The number of nitrogens with zero attached hydrogens (tertiary/aromatic N) is 5. The van der Waals surface area contributed by atoms with Crippen LogP contribution in [0.5, 0.6) is 0 Å². The van der Waals surface area contributed by atoms with E-state index in [9.17, 15) is 13.2 Å². The van der Waals surface area contributed by atoms with E-state index < -0.39 is 21.4 Å². The largest absolute Gasteiger partial charge is 0.291 e. The Balaban J connectivity index is 1.52. The van der Waals surface area contributed by atoms with Crippen LogP contribution in [0.4, 0.5) is 0 Å². The van der Waals surface area contributed by atoms with Crippen LogP contribution in [0.1, 0.15) is 16.1 Å². The first-order valence-corrected chi connectivity index (χ1v) is 10.9. The molecule has 30 heavy (non-hydrogen) atoms. The van der Waals surface area contributed by atoms with Gasteiger partial charge in [0.1, 0.15) is 23.5 Å². The molecule has 1 aromatic carbocycles. The normalized spacial score (nSPS) is 11.3. The molecule has 0 spiro atoms. The maximum absolute atomic E-state index is 12.6. The number of pyridine rings is 1. The van der Waals surface area contributed by atoms with E-state index in [0.29, 0.717) is 22.5 Å². The van der Waals surface area contributed by atoms with Gasteiger partial charge in [0.2, 0.25) is 0 Å². The van der Waals surface area contributed by atoms with Crippen LogP contribution in [0.25, 0.3) is 16.9 Å². The van der Waals surface area contributed by atoms with E-state index in [0.717, 1.165) is 0 Å². The molecule has 8 nitrogen and oxygen atoms in total. The Bertz CT molecular complexity index is 1270. The van der Waals surface area contributed by atoms with Gasteiger partial charge in [-0.25, -0.2) is 28.1 Å². The maximum Gasteiger partial charge on any atom is 0.196 e. The smallest absolute Gasteiger partial charge is 0.196 e. The lowest BCUT2D eigenvalue weighted by Gasteiger charge is -2.05. The van der Waals surface area contributed by atoms with E-state index in [4.69, 9.17) is 0 Å². The highest BCUT2D eigenvalue weighted by Crippen LogP contribution is 2.18. The first-order valence-electron chi connectivity index (χ1n) is 9.05. The minimum absolute atomic E-state index is 0.0972. The number of hydrogen-bond acceptors (Lipinski definition) is 7. The number of aromatic nitrogens is 5. The van der Waals surface area contributed by atoms with Crippen molar-refractivity contribution < 1.29 is 13.2 Å². The average molecular weight is 419 g/mol. The molecule has 0 aliphatic carbocycles. The molecule has 3 aromatic heterocycles. The van der Waals surface area contributed by atoms with Crippen molar-refractivity contribution in [2.45, 2.75) is 5.75 Å². The molecule has 9 heteroatoms. The standard InChI is InChI=1S/C21H17N5O3S/c27-21(14-30(28,29)13-16-5-2-1-3-6-16)20-8-4-7-19(25-20)17-9-24-26(12-17)18-10-22-15-23-11-18/h1-12,15H,13-14H2. The minimum Gasteiger partial charge on any atom is -0.291 e. The van der Waals surface area contributed by atoms with Crippen molar-refractivity contribution in [1.82, 2.24) is 24.7 Å². The van der Waals surface area contributed by atoms with Crippen molar-refractivity contribution in [1.29, 1.82) is 0 Å². The summed E-state index contributed by atoms with van der Waals surface area (Å²) >= 11 is 0. The Morgan fingerprint density at radius 3 is 2.47 bits per heavy atom. The number of benzene rings is 1. The fraction of sp³-hybridized carbons (Fsp3) is 0.0952. The molecule has 3 heterocycles. The Labute approximate surface area is 173 Å². The molecule has 150 valence electrons. The summed E-state index contributed by atoms with van der Waals surface area (Å²) in [6.45, 7) is 0. The third-order valence-corrected chi connectivity index (χ3v) is 5.78. The molecular weight excluding hydrogens is 402 g/mol. The average Bonchev–Trinajstić information content (AvgIpc) is 3.25. The van der Waals surface area contributed by atoms with Gasteiger partial charge in [0.15, 0.2) is 15.6 Å². The number of rotatable bonds is 7. The molecule has 0 N–H and O–H groups in total. The Morgan fingerprint density at radius 1 is 0.933 bits per heavy atom. The first kappa shape index (κ1) is 19.6. The van der Waals surface area contributed by atoms with Gasteiger partial charge in [0, 0.05) is 11.8 Å². The number of ketones is 1. The summed E-state index contributed by atoms with van der Waals surface area (Å²) in [5.74, 6) is -1.33. The summed E-state index contributed by atoms with van der Waals surface area (Å²) < 4.78 is 26.4. The number of hydrogen-bond donors (Lipinski definition) is 0. The van der Waals surface area contributed by atoms with E-state index in [2.05, 4.69) is 20.1 Å². The topological polar surface area (TPSA) is 108 Å². The van der Waals surface area contributed by atoms with Crippen molar-refractivity contribution in [2.75, 3.05) is 5.75 Å². The number of carbonyl (C=O) groups is 1. The lowest BCUT2D eigenvalue weighted by molar-refractivity contribution is 0.101. The number of sulfone groups is 1. The highest BCUT2D eigenvalue weighted by Gasteiger charge is 2.20. The number of Topliss-reactive ketones (excluding diaryl/α,β-unsaturated/α-hetero) is 1. The van der Waals surface area contributed by atoms with Gasteiger partial charge in [-0.3, -0.25) is 4.79 Å². The zero-order valence-corrected chi connectivity index (χ0v) is 16.6. The molecule has 0 aliphatic heterocycles. The van der Waals surface area contributed by atoms with Crippen LogP contribution in [-0.4, -0.2) is 44.7 Å². The summed E-state index contributed by atoms with van der Waals surface area (Å²) in [6.07, 6.45) is 8.01. The summed E-state index contributed by atoms with van der Waals surface area (Å²) in [5.41, 5.74) is 2.62. The molecular formula is C21H17N5O3S. The fourth-order valence-corrected chi connectivity index (χ4v) is 4.26. The van der Waals surface area contributed by atoms with E-state index in [1.54, 1.807) is 65.9 Å². The molecule has 0 bridgehead atoms. The Hall–Kier alpha value is -3.72. The predicted molar refractivity (Wildman–Crippen MR) is 111 cm³/mol. The second-order valence-electron chi connectivity index (χ2n) is 6.62. The highest BCUT2D eigenvalue weighted by molar-refractivity contribution is 7.91. The molecule has 0 radical (unpaired) electrons. The molecule has 0 amide bonds. The molecule has 4 rings (SSSR count). The highest BCUT2D eigenvalue weighted by atomic mass is 32.2. The van der Waals surface area contributed by atoms with Crippen LogP contribution in [0.2, 0.25) is 0 Å². The van der Waals surface area contributed by atoms with Crippen molar-refractivity contribution in [3.63, 3.8) is 0 Å². The van der Waals surface area contributed by atoms with Gasteiger partial charge in [-0.2, -0.15) is 5.10 Å². The molecule has 0 saturated carbocycles. The van der Waals surface area contributed by atoms with Gasteiger partial charge in [0.25, 0.3) is 0 Å². The summed E-state index contributed by atoms with van der Waals surface area (Å²) in [5, 5.41) is 4.26. The number of carbonyl (C=O) groups excluding carboxylic acids is 1. The van der Waals surface area contributed by atoms with Gasteiger partial charge < -0.3 is 0 Å². The first-order chi connectivity index (χ1) is 14.5. The monoisotopic (exact) mass is 419 g/mol. The second kappa shape index (κ2) is 8.34. The van der Waals surface area contributed by atoms with Crippen molar-refractivity contribution in [3.8, 4) is 16.9 Å². The summed E-state index contributed by atoms with van der Waals surface area (Å²) in [4.78, 5) is 24.8. The van der Waals surface area contributed by atoms with Gasteiger partial charge >= 0.3 is 0 Å². The van der Waals surface area contributed by atoms with Crippen molar-refractivity contribution >= 4 is 15.6 Å². The fourth-order valence-electron chi connectivity index (χ4n) is 2.91. The van der Waals surface area contributed by atoms with Gasteiger partial charge in [-0.15, -0.1) is 0 Å². The molecule has 0 fully saturated rings. The molecule has 4 aromatic rings. The third kappa shape index (κ3) is 4.64. The quantitative estimate of drug-likeness (QED) is 0.424. The van der Waals surface area contributed by atoms with E-state index >= 15 is 0 Å². The Morgan fingerprint density at radius 2 is 1.70 bits per heavy atom. The van der Waals surface area contributed by atoms with E-state index in [-0.39, 0.29) is 11.4 Å². The lowest BCUT2D eigenvalue weighted by atomic mass is 10.2. The summed E-state index contributed by atoms with van der Waals surface area (Å²) in [6, 6.07) is 13.7. The van der Waals surface area contributed by atoms with E-state index in [1.165, 1.54) is 12.4 Å². The van der Waals surface area contributed by atoms with Crippen LogP contribution in [0.15, 0.2) is 79.6 Å². The SMILES string of the molecule is O=C(CS(=O)(=O)Cc1ccccc1)c1cccc(-c2cnn(-c3cncnc3)c2)n1.